The highest BCUT2D eigenvalue weighted by molar-refractivity contribution is 4.99. The summed E-state index contributed by atoms with van der Waals surface area (Å²) in [6, 6.07) is 0. The lowest BCUT2D eigenvalue weighted by atomic mass is 9.70. The first-order valence-electron chi connectivity index (χ1n) is 9.15. The summed E-state index contributed by atoms with van der Waals surface area (Å²) in [5.41, 5.74) is -0.536. The van der Waals surface area contributed by atoms with Gasteiger partial charge in [-0.3, -0.25) is 4.90 Å². The molecule has 6 heteroatoms. The van der Waals surface area contributed by atoms with Crippen LogP contribution in [0.4, 0.5) is 0 Å². The Balaban J connectivity index is 1.58. The second-order valence-corrected chi connectivity index (χ2v) is 7.29. The van der Waals surface area contributed by atoms with Gasteiger partial charge in [0.05, 0.1) is 18.8 Å². The van der Waals surface area contributed by atoms with Crippen LogP contribution >= 0.6 is 0 Å². The SMILES string of the molecule is COCCn1ccnc1CN1CC[C@@](O)(C2CCOCC2)[C@H](C)C1. The number of likely N-dealkylation sites (tertiary alicyclic amines) is 1. The van der Waals surface area contributed by atoms with Gasteiger partial charge in [-0.15, -0.1) is 0 Å². The largest absolute Gasteiger partial charge is 0.389 e. The van der Waals surface area contributed by atoms with Crippen molar-refractivity contribution in [2.45, 2.75) is 44.9 Å². The highest BCUT2D eigenvalue weighted by Gasteiger charge is 2.45. The van der Waals surface area contributed by atoms with Crippen molar-refractivity contribution in [1.82, 2.24) is 14.5 Å². The predicted octanol–water partition coefficient (Wildman–Crippen LogP) is 1.53. The fourth-order valence-electron chi connectivity index (χ4n) is 4.25. The van der Waals surface area contributed by atoms with Crippen LogP contribution in [0, 0.1) is 11.8 Å². The number of nitrogens with zero attached hydrogens (tertiary/aromatic N) is 3. The van der Waals surface area contributed by atoms with Gasteiger partial charge >= 0.3 is 0 Å². The number of piperidine rings is 1. The summed E-state index contributed by atoms with van der Waals surface area (Å²) in [5, 5.41) is 11.3. The number of hydrogen-bond acceptors (Lipinski definition) is 5. The van der Waals surface area contributed by atoms with Crippen LogP contribution in [0.15, 0.2) is 12.4 Å². The van der Waals surface area contributed by atoms with E-state index in [9.17, 15) is 5.11 Å². The summed E-state index contributed by atoms with van der Waals surface area (Å²) in [5.74, 6) is 1.74. The molecule has 3 heterocycles. The van der Waals surface area contributed by atoms with Crippen LogP contribution in [0.1, 0.15) is 32.0 Å². The zero-order chi connectivity index (χ0) is 17.0. The molecule has 24 heavy (non-hydrogen) atoms. The van der Waals surface area contributed by atoms with Gasteiger partial charge in [0.25, 0.3) is 0 Å². The number of methoxy groups -OCH3 is 1. The number of rotatable bonds is 6. The van der Waals surface area contributed by atoms with Gasteiger partial charge in [0.15, 0.2) is 0 Å². The zero-order valence-electron chi connectivity index (χ0n) is 15.0. The molecule has 0 amide bonds. The Hall–Kier alpha value is -0.950. The number of ether oxygens (including phenoxy) is 2. The van der Waals surface area contributed by atoms with Crippen LogP contribution in [-0.2, 0) is 22.6 Å². The monoisotopic (exact) mass is 337 g/mol. The zero-order valence-corrected chi connectivity index (χ0v) is 15.0. The molecule has 0 saturated carbocycles. The minimum absolute atomic E-state index is 0.275. The molecule has 2 aliphatic heterocycles. The summed E-state index contributed by atoms with van der Waals surface area (Å²) < 4.78 is 12.8. The van der Waals surface area contributed by atoms with Gasteiger partial charge in [-0.2, -0.15) is 0 Å². The van der Waals surface area contributed by atoms with E-state index in [4.69, 9.17) is 9.47 Å². The first-order chi connectivity index (χ1) is 11.6. The Kier molecular flexibility index (Phi) is 5.92. The summed E-state index contributed by atoms with van der Waals surface area (Å²) in [6.45, 7) is 8.00. The van der Waals surface area contributed by atoms with Gasteiger partial charge in [-0.1, -0.05) is 6.92 Å². The maximum atomic E-state index is 11.3. The summed E-state index contributed by atoms with van der Waals surface area (Å²) >= 11 is 0. The van der Waals surface area contributed by atoms with E-state index in [1.165, 1.54) is 0 Å². The smallest absolute Gasteiger partial charge is 0.122 e. The molecule has 0 radical (unpaired) electrons. The molecule has 0 unspecified atom stereocenters. The molecule has 1 N–H and O–H groups in total. The lowest BCUT2D eigenvalue weighted by Gasteiger charge is -2.48. The van der Waals surface area contributed by atoms with Crippen LogP contribution in [-0.4, -0.2) is 65.2 Å². The van der Waals surface area contributed by atoms with E-state index >= 15 is 0 Å². The third-order valence-corrected chi connectivity index (χ3v) is 5.85. The average Bonchev–Trinajstić information content (AvgIpc) is 3.04. The molecule has 1 aromatic rings. The van der Waals surface area contributed by atoms with E-state index in [1.807, 2.05) is 12.4 Å². The second kappa shape index (κ2) is 7.95. The van der Waals surface area contributed by atoms with Crippen molar-refractivity contribution < 1.29 is 14.6 Å². The molecule has 0 aromatic carbocycles. The standard InChI is InChI=1S/C18H31N3O3/c1-15-13-20(14-17-19-6-8-21(17)9-12-23-2)7-5-18(15,22)16-3-10-24-11-4-16/h6,8,15-16,22H,3-5,7,9-14H2,1-2H3/t15-,18+/m1/s1. The molecule has 3 rings (SSSR count). The maximum absolute atomic E-state index is 11.3. The first-order valence-corrected chi connectivity index (χ1v) is 9.15. The van der Waals surface area contributed by atoms with Crippen LogP contribution in [0.5, 0.6) is 0 Å². The molecular weight excluding hydrogens is 306 g/mol. The molecule has 2 saturated heterocycles. The van der Waals surface area contributed by atoms with E-state index in [0.29, 0.717) is 12.5 Å². The minimum Gasteiger partial charge on any atom is -0.389 e. The molecule has 6 nitrogen and oxygen atoms in total. The number of aliphatic hydroxyl groups is 1. The Morgan fingerprint density at radius 2 is 2.21 bits per heavy atom. The molecule has 0 aliphatic carbocycles. The van der Waals surface area contributed by atoms with E-state index in [0.717, 1.165) is 64.5 Å². The fourth-order valence-corrected chi connectivity index (χ4v) is 4.25. The first kappa shape index (κ1) is 17.9. The number of hydrogen-bond donors (Lipinski definition) is 1. The molecule has 2 aliphatic rings. The van der Waals surface area contributed by atoms with Gasteiger partial charge in [0.1, 0.15) is 5.82 Å². The van der Waals surface area contributed by atoms with E-state index in [1.54, 1.807) is 7.11 Å². The molecular formula is C18H31N3O3. The van der Waals surface area contributed by atoms with Crippen LogP contribution in [0.25, 0.3) is 0 Å². The average molecular weight is 337 g/mol. The topological polar surface area (TPSA) is 59.8 Å². The van der Waals surface area contributed by atoms with Crippen molar-refractivity contribution >= 4 is 0 Å². The molecule has 0 bridgehead atoms. The second-order valence-electron chi connectivity index (χ2n) is 7.29. The van der Waals surface area contributed by atoms with Gasteiger partial charge in [0, 0.05) is 52.4 Å². The lowest BCUT2D eigenvalue weighted by molar-refractivity contribution is -0.132. The summed E-state index contributed by atoms with van der Waals surface area (Å²) in [4.78, 5) is 6.92. The Labute approximate surface area is 144 Å². The van der Waals surface area contributed by atoms with Crippen molar-refractivity contribution in [2.24, 2.45) is 11.8 Å². The Morgan fingerprint density at radius 1 is 1.42 bits per heavy atom. The summed E-state index contributed by atoms with van der Waals surface area (Å²) in [7, 11) is 1.72. The quantitative estimate of drug-likeness (QED) is 0.853. The van der Waals surface area contributed by atoms with Gasteiger partial charge in [-0.25, -0.2) is 4.98 Å². The van der Waals surface area contributed by atoms with Crippen molar-refractivity contribution in [3.63, 3.8) is 0 Å². The predicted molar refractivity (Wildman–Crippen MR) is 91.7 cm³/mol. The highest BCUT2D eigenvalue weighted by atomic mass is 16.5. The Bertz CT molecular complexity index is 515. The van der Waals surface area contributed by atoms with Crippen molar-refractivity contribution in [1.29, 1.82) is 0 Å². The van der Waals surface area contributed by atoms with Crippen LogP contribution < -0.4 is 0 Å². The van der Waals surface area contributed by atoms with Crippen LogP contribution in [0.2, 0.25) is 0 Å². The van der Waals surface area contributed by atoms with Gasteiger partial charge in [0.2, 0.25) is 0 Å². The maximum Gasteiger partial charge on any atom is 0.122 e. The number of imidazole rings is 1. The van der Waals surface area contributed by atoms with Crippen molar-refractivity contribution in [3.8, 4) is 0 Å². The van der Waals surface area contributed by atoms with E-state index in [-0.39, 0.29) is 5.92 Å². The third-order valence-electron chi connectivity index (χ3n) is 5.85. The minimum atomic E-state index is -0.536. The molecule has 0 spiro atoms. The highest BCUT2D eigenvalue weighted by Crippen LogP contribution is 2.39. The fraction of sp³-hybridized carbons (Fsp3) is 0.833. The third kappa shape index (κ3) is 3.82. The number of aromatic nitrogens is 2. The lowest BCUT2D eigenvalue weighted by Crippen LogP contribution is -2.55. The van der Waals surface area contributed by atoms with Crippen molar-refractivity contribution in [3.05, 3.63) is 18.2 Å². The van der Waals surface area contributed by atoms with E-state index < -0.39 is 5.60 Å². The Morgan fingerprint density at radius 3 is 2.92 bits per heavy atom. The van der Waals surface area contributed by atoms with Crippen LogP contribution in [0.3, 0.4) is 0 Å². The molecule has 1 aromatic heterocycles. The normalized spacial score (nSPS) is 29.9. The molecule has 2 atom stereocenters. The summed E-state index contributed by atoms with van der Waals surface area (Å²) in [6.07, 6.45) is 6.69. The molecule has 2 fully saturated rings. The molecule has 136 valence electrons. The van der Waals surface area contributed by atoms with E-state index in [2.05, 4.69) is 21.4 Å². The van der Waals surface area contributed by atoms with Gasteiger partial charge in [-0.05, 0) is 31.1 Å². The van der Waals surface area contributed by atoms with Crippen molar-refractivity contribution in [2.75, 3.05) is 40.0 Å². The van der Waals surface area contributed by atoms with Gasteiger partial charge < -0.3 is 19.1 Å².